The van der Waals surface area contributed by atoms with Crippen LogP contribution in [0.5, 0.6) is 0 Å². The lowest BCUT2D eigenvalue weighted by atomic mass is 10.1. The summed E-state index contributed by atoms with van der Waals surface area (Å²) >= 11 is 0. The van der Waals surface area contributed by atoms with Crippen LogP contribution in [0.1, 0.15) is 37.7 Å². The monoisotopic (exact) mass is 365 g/mol. The maximum Gasteiger partial charge on any atom is 0.243 e. The SMILES string of the molecule is O=C(CCc1ccc(S(=O)(=O)N2CCCC2)cc1)NC1CCCNC1. The van der Waals surface area contributed by atoms with Gasteiger partial charge in [0.2, 0.25) is 15.9 Å². The van der Waals surface area contributed by atoms with E-state index in [0.717, 1.165) is 44.3 Å². The van der Waals surface area contributed by atoms with Crippen molar-refractivity contribution in [2.24, 2.45) is 0 Å². The first-order valence-electron chi connectivity index (χ1n) is 9.15. The molecule has 0 spiro atoms. The molecule has 1 unspecified atom stereocenters. The summed E-state index contributed by atoms with van der Waals surface area (Å²) < 4.78 is 26.5. The number of rotatable bonds is 6. The minimum atomic E-state index is -3.36. The molecule has 1 aromatic carbocycles. The fourth-order valence-corrected chi connectivity index (χ4v) is 4.96. The maximum absolute atomic E-state index is 12.5. The maximum atomic E-state index is 12.5. The van der Waals surface area contributed by atoms with Crippen molar-refractivity contribution in [3.63, 3.8) is 0 Å². The van der Waals surface area contributed by atoms with Crippen molar-refractivity contribution in [1.82, 2.24) is 14.9 Å². The molecule has 2 heterocycles. The summed E-state index contributed by atoms with van der Waals surface area (Å²) in [4.78, 5) is 12.4. The highest BCUT2D eigenvalue weighted by molar-refractivity contribution is 7.89. The van der Waals surface area contributed by atoms with Gasteiger partial charge in [-0.3, -0.25) is 4.79 Å². The van der Waals surface area contributed by atoms with Gasteiger partial charge in [0.15, 0.2) is 0 Å². The molecule has 0 aromatic heterocycles. The highest BCUT2D eigenvalue weighted by Gasteiger charge is 2.26. The molecular weight excluding hydrogens is 338 g/mol. The van der Waals surface area contributed by atoms with Crippen LogP contribution in [0.4, 0.5) is 0 Å². The van der Waals surface area contributed by atoms with Crippen LogP contribution in [0.25, 0.3) is 0 Å². The Morgan fingerprint density at radius 1 is 1.16 bits per heavy atom. The summed E-state index contributed by atoms with van der Waals surface area (Å²) in [5.41, 5.74) is 0.984. The molecule has 0 radical (unpaired) electrons. The van der Waals surface area contributed by atoms with E-state index in [9.17, 15) is 13.2 Å². The van der Waals surface area contributed by atoms with Gasteiger partial charge in [-0.05, 0) is 56.3 Å². The van der Waals surface area contributed by atoms with Gasteiger partial charge in [0.25, 0.3) is 0 Å². The van der Waals surface area contributed by atoms with E-state index in [2.05, 4.69) is 10.6 Å². The molecule has 1 aromatic rings. The van der Waals surface area contributed by atoms with Crippen LogP contribution in [0.15, 0.2) is 29.2 Å². The molecule has 1 amide bonds. The zero-order valence-corrected chi connectivity index (χ0v) is 15.4. The van der Waals surface area contributed by atoms with E-state index in [1.165, 1.54) is 0 Å². The lowest BCUT2D eigenvalue weighted by molar-refractivity contribution is -0.121. The molecule has 1 atom stereocenters. The predicted octanol–water partition coefficient (Wildman–Crippen LogP) is 1.27. The number of piperidine rings is 1. The Hall–Kier alpha value is -1.44. The van der Waals surface area contributed by atoms with Crippen molar-refractivity contribution in [1.29, 1.82) is 0 Å². The van der Waals surface area contributed by atoms with Crippen molar-refractivity contribution in [2.75, 3.05) is 26.2 Å². The lowest BCUT2D eigenvalue weighted by Crippen LogP contribution is -2.45. The Kier molecular flexibility index (Phi) is 6.09. The summed E-state index contributed by atoms with van der Waals surface area (Å²) in [7, 11) is -3.36. The molecular formula is C18H27N3O3S. The quantitative estimate of drug-likeness (QED) is 0.796. The van der Waals surface area contributed by atoms with Crippen molar-refractivity contribution in [3.8, 4) is 0 Å². The van der Waals surface area contributed by atoms with E-state index in [-0.39, 0.29) is 11.9 Å². The average molecular weight is 365 g/mol. The number of benzene rings is 1. The van der Waals surface area contributed by atoms with Crippen molar-refractivity contribution in [2.45, 2.75) is 49.5 Å². The Labute approximate surface area is 150 Å². The molecule has 3 rings (SSSR count). The van der Waals surface area contributed by atoms with Crippen LogP contribution in [0, 0.1) is 0 Å². The summed E-state index contributed by atoms with van der Waals surface area (Å²) in [6, 6.07) is 7.18. The van der Waals surface area contributed by atoms with Crippen LogP contribution >= 0.6 is 0 Å². The van der Waals surface area contributed by atoms with E-state index in [4.69, 9.17) is 0 Å². The lowest BCUT2D eigenvalue weighted by Gasteiger charge is -2.23. The minimum absolute atomic E-state index is 0.0578. The highest BCUT2D eigenvalue weighted by Crippen LogP contribution is 2.21. The molecule has 138 valence electrons. The van der Waals surface area contributed by atoms with Crippen molar-refractivity contribution < 1.29 is 13.2 Å². The second kappa shape index (κ2) is 8.29. The smallest absolute Gasteiger partial charge is 0.243 e. The largest absolute Gasteiger partial charge is 0.352 e. The first kappa shape index (κ1) is 18.4. The van der Waals surface area contributed by atoms with Gasteiger partial charge in [-0.1, -0.05) is 12.1 Å². The van der Waals surface area contributed by atoms with Crippen LogP contribution in [0.3, 0.4) is 0 Å². The number of hydrogen-bond acceptors (Lipinski definition) is 4. The summed E-state index contributed by atoms with van der Waals surface area (Å²) in [5.74, 6) is 0.0578. The standard InChI is InChI=1S/C18H27N3O3S/c22-18(20-16-4-3-11-19-14-16)10-7-15-5-8-17(9-6-15)25(23,24)21-12-1-2-13-21/h5-6,8-9,16,19H,1-4,7,10-14H2,(H,20,22). The molecule has 2 aliphatic heterocycles. The Bertz CT molecular complexity index is 676. The van der Waals surface area contributed by atoms with E-state index < -0.39 is 10.0 Å². The zero-order chi connectivity index (χ0) is 17.7. The third-order valence-electron chi connectivity index (χ3n) is 4.93. The molecule has 2 fully saturated rings. The van der Waals surface area contributed by atoms with E-state index in [1.54, 1.807) is 16.4 Å². The fourth-order valence-electron chi connectivity index (χ4n) is 3.44. The van der Waals surface area contributed by atoms with Crippen molar-refractivity contribution >= 4 is 15.9 Å². The number of nitrogens with one attached hydrogen (secondary N) is 2. The van der Waals surface area contributed by atoms with Crippen LogP contribution in [-0.4, -0.2) is 50.9 Å². The average Bonchev–Trinajstić information content (AvgIpc) is 3.17. The van der Waals surface area contributed by atoms with Crippen LogP contribution in [-0.2, 0) is 21.2 Å². The van der Waals surface area contributed by atoms with E-state index in [1.807, 2.05) is 12.1 Å². The highest BCUT2D eigenvalue weighted by atomic mass is 32.2. The van der Waals surface area contributed by atoms with Crippen molar-refractivity contribution in [3.05, 3.63) is 29.8 Å². The van der Waals surface area contributed by atoms with Gasteiger partial charge in [-0.2, -0.15) is 4.31 Å². The minimum Gasteiger partial charge on any atom is -0.352 e. The molecule has 0 bridgehead atoms. The number of carbonyl (C=O) groups is 1. The number of aryl methyl sites for hydroxylation is 1. The first-order valence-corrected chi connectivity index (χ1v) is 10.6. The number of hydrogen-bond donors (Lipinski definition) is 2. The summed E-state index contributed by atoms with van der Waals surface area (Å²) in [6.45, 7) is 3.09. The topological polar surface area (TPSA) is 78.5 Å². The summed E-state index contributed by atoms with van der Waals surface area (Å²) in [5, 5.41) is 6.34. The number of amides is 1. The second-order valence-corrected chi connectivity index (χ2v) is 8.80. The Morgan fingerprint density at radius 2 is 1.88 bits per heavy atom. The normalized spacial score (nSPS) is 22.0. The van der Waals surface area contributed by atoms with Gasteiger partial charge in [0.1, 0.15) is 0 Å². The first-order chi connectivity index (χ1) is 12.1. The third-order valence-corrected chi connectivity index (χ3v) is 6.84. The zero-order valence-electron chi connectivity index (χ0n) is 14.5. The summed E-state index contributed by atoms with van der Waals surface area (Å²) in [6.07, 6.45) is 5.04. The molecule has 2 aliphatic rings. The fraction of sp³-hybridized carbons (Fsp3) is 0.611. The molecule has 0 aliphatic carbocycles. The number of carbonyl (C=O) groups excluding carboxylic acids is 1. The number of sulfonamides is 1. The van der Waals surface area contributed by atoms with Gasteiger partial charge in [-0.15, -0.1) is 0 Å². The molecule has 0 saturated carbocycles. The van der Waals surface area contributed by atoms with Gasteiger partial charge in [0, 0.05) is 32.1 Å². The Morgan fingerprint density at radius 3 is 2.52 bits per heavy atom. The second-order valence-electron chi connectivity index (χ2n) is 6.87. The van der Waals surface area contributed by atoms with Gasteiger partial charge < -0.3 is 10.6 Å². The van der Waals surface area contributed by atoms with Crippen LogP contribution in [0.2, 0.25) is 0 Å². The van der Waals surface area contributed by atoms with Crippen LogP contribution < -0.4 is 10.6 Å². The van der Waals surface area contributed by atoms with Gasteiger partial charge in [0.05, 0.1) is 4.90 Å². The molecule has 25 heavy (non-hydrogen) atoms. The van der Waals surface area contributed by atoms with E-state index >= 15 is 0 Å². The predicted molar refractivity (Wildman–Crippen MR) is 96.8 cm³/mol. The van der Waals surface area contributed by atoms with Gasteiger partial charge >= 0.3 is 0 Å². The molecule has 6 nitrogen and oxygen atoms in total. The molecule has 7 heteroatoms. The molecule has 2 saturated heterocycles. The Balaban J connectivity index is 1.51. The number of nitrogens with zero attached hydrogens (tertiary/aromatic N) is 1. The van der Waals surface area contributed by atoms with E-state index in [0.29, 0.717) is 30.8 Å². The molecule has 2 N–H and O–H groups in total. The van der Waals surface area contributed by atoms with Gasteiger partial charge in [-0.25, -0.2) is 8.42 Å². The third kappa shape index (κ3) is 4.80.